The maximum absolute atomic E-state index is 6.05. The van der Waals surface area contributed by atoms with Crippen LogP contribution in [0.25, 0.3) is 17.2 Å². The van der Waals surface area contributed by atoms with E-state index < -0.39 is 0 Å². The van der Waals surface area contributed by atoms with Gasteiger partial charge in [-0.05, 0) is 18.2 Å². The maximum Gasteiger partial charge on any atom is 0.252 e. The van der Waals surface area contributed by atoms with E-state index in [0.717, 1.165) is 11.3 Å². The molecule has 3 aromatic rings. The molecule has 0 saturated heterocycles. The lowest BCUT2D eigenvalue weighted by atomic mass is 10.2. The summed E-state index contributed by atoms with van der Waals surface area (Å²) < 4.78 is 1.49. The normalized spacial score (nSPS) is 10.4. The fourth-order valence-electron chi connectivity index (χ4n) is 1.64. The van der Waals surface area contributed by atoms with Crippen LogP contribution >= 0.6 is 0 Å². The van der Waals surface area contributed by atoms with Gasteiger partial charge in [0.1, 0.15) is 5.82 Å². The second-order valence-corrected chi connectivity index (χ2v) is 3.62. The number of hydrogen-bond donors (Lipinski definition) is 1. The zero-order valence-corrected chi connectivity index (χ0v) is 9.43. The van der Waals surface area contributed by atoms with Crippen molar-refractivity contribution in [3.63, 3.8) is 0 Å². The van der Waals surface area contributed by atoms with Crippen LogP contribution in [0, 0.1) is 0 Å². The third kappa shape index (κ3) is 1.69. The van der Waals surface area contributed by atoms with Gasteiger partial charge in [-0.15, -0.1) is 0 Å². The summed E-state index contributed by atoms with van der Waals surface area (Å²) in [5, 5.41) is 4.19. The predicted molar refractivity (Wildman–Crippen MR) is 66.8 cm³/mol. The number of aromatic nitrogens is 5. The van der Waals surface area contributed by atoms with Gasteiger partial charge in [-0.3, -0.25) is 4.98 Å². The average molecular weight is 238 g/mol. The highest BCUT2D eigenvalue weighted by molar-refractivity contribution is 5.71. The topological polar surface area (TPSA) is 82.5 Å². The van der Waals surface area contributed by atoms with Crippen molar-refractivity contribution in [3.05, 3.63) is 49.1 Å². The highest BCUT2D eigenvalue weighted by atomic mass is 15.4. The molecule has 6 heteroatoms. The van der Waals surface area contributed by atoms with Crippen LogP contribution < -0.4 is 5.73 Å². The summed E-state index contributed by atoms with van der Waals surface area (Å²) in [5.74, 6) is 0.914. The lowest BCUT2D eigenvalue weighted by Crippen LogP contribution is -2.06. The first-order chi connectivity index (χ1) is 8.86. The van der Waals surface area contributed by atoms with E-state index in [1.807, 2.05) is 18.2 Å². The summed E-state index contributed by atoms with van der Waals surface area (Å²) in [6.07, 6.45) is 6.66. The molecule has 0 unspecified atom stereocenters. The molecule has 0 aliphatic rings. The van der Waals surface area contributed by atoms with Gasteiger partial charge < -0.3 is 5.73 Å². The van der Waals surface area contributed by atoms with E-state index in [2.05, 4.69) is 20.1 Å². The zero-order chi connectivity index (χ0) is 12.4. The largest absolute Gasteiger partial charge is 0.383 e. The first-order valence-corrected chi connectivity index (χ1v) is 5.38. The molecule has 0 aliphatic carbocycles. The molecular formula is C12H10N6. The van der Waals surface area contributed by atoms with Crippen LogP contribution in [0.5, 0.6) is 0 Å². The van der Waals surface area contributed by atoms with Crippen LogP contribution in [0.2, 0.25) is 0 Å². The van der Waals surface area contributed by atoms with Crippen molar-refractivity contribution in [3.8, 4) is 17.2 Å². The molecule has 0 saturated carbocycles. The van der Waals surface area contributed by atoms with Crippen molar-refractivity contribution in [2.45, 2.75) is 0 Å². The molecule has 3 heterocycles. The summed E-state index contributed by atoms with van der Waals surface area (Å²) >= 11 is 0. The summed E-state index contributed by atoms with van der Waals surface area (Å²) in [7, 11) is 0. The molecule has 0 atom stereocenters. The Hall–Kier alpha value is -2.76. The van der Waals surface area contributed by atoms with Crippen molar-refractivity contribution in [2.24, 2.45) is 0 Å². The number of pyridine rings is 1. The van der Waals surface area contributed by atoms with Crippen molar-refractivity contribution >= 4 is 5.82 Å². The number of hydrogen-bond acceptors (Lipinski definition) is 5. The Bertz CT molecular complexity index is 590. The number of rotatable bonds is 2. The third-order valence-corrected chi connectivity index (χ3v) is 2.49. The van der Waals surface area contributed by atoms with Gasteiger partial charge in [0.25, 0.3) is 5.95 Å². The molecule has 0 aliphatic heterocycles. The van der Waals surface area contributed by atoms with Crippen molar-refractivity contribution in [1.29, 1.82) is 0 Å². The van der Waals surface area contributed by atoms with Gasteiger partial charge in [0.05, 0.1) is 17.5 Å². The van der Waals surface area contributed by atoms with Gasteiger partial charge in [0.2, 0.25) is 0 Å². The molecule has 0 aromatic carbocycles. The smallest absolute Gasteiger partial charge is 0.252 e. The van der Waals surface area contributed by atoms with Crippen LogP contribution in [-0.2, 0) is 0 Å². The average Bonchev–Trinajstić information content (AvgIpc) is 2.83. The number of nitrogen functional groups attached to an aromatic ring is 1. The molecule has 3 aromatic heterocycles. The van der Waals surface area contributed by atoms with E-state index >= 15 is 0 Å². The van der Waals surface area contributed by atoms with Crippen LogP contribution in [0.3, 0.4) is 0 Å². The Labute approximate surface area is 103 Å². The van der Waals surface area contributed by atoms with E-state index in [1.165, 1.54) is 4.68 Å². The van der Waals surface area contributed by atoms with Crippen LogP contribution in [0.15, 0.2) is 49.1 Å². The molecule has 2 N–H and O–H groups in total. The van der Waals surface area contributed by atoms with Crippen LogP contribution in [0.4, 0.5) is 5.82 Å². The van der Waals surface area contributed by atoms with Crippen molar-refractivity contribution in [2.75, 3.05) is 5.73 Å². The Kier molecular flexibility index (Phi) is 2.45. The minimum absolute atomic E-state index is 0.442. The zero-order valence-electron chi connectivity index (χ0n) is 9.43. The monoisotopic (exact) mass is 238 g/mol. The fourth-order valence-corrected chi connectivity index (χ4v) is 1.64. The second kappa shape index (κ2) is 4.25. The fraction of sp³-hybridized carbons (Fsp3) is 0. The number of nitrogens with zero attached hydrogens (tertiary/aromatic N) is 5. The Balaban J connectivity index is 2.09. The minimum atomic E-state index is 0.442. The predicted octanol–water partition coefficient (Wildman–Crippen LogP) is 1.31. The Morgan fingerprint density at radius 1 is 0.944 bits per heavy atom. The van der Waals surface area contributed by atoms with Crippen molar-refractivity contribution < 1.29 is 0 Å². The lowest BCUT2D eigenvalue weighted by molar-refractivity contribution is 0.817. The standard InChI is InChI=1S/C12H10N6/c13-11-9(10-4-1-2-5-14-10)8-17-18(11)12-15-6-3-7-16-12/h1-8H,13H2. The first-order valence-electron chi connectivity index (χ1n) is 5.38. The van der Waals surface area contributed by atoms with E-state index in [1.54, 1.807) is 30.9 Å². The molecule has 0 bridgehead atoms. The van der Waals surface area contributed by atoms with Gasteiger partial charge in [-0.2, -0.15) is 9.78 Å². The van der Waals surface area contributed by atoms with Crippen molar-refractivity contribution in [1.82, 2.24) is 24.7 Å². The van der Waals surface area contributed by atoms with Gasteiger partial charge in [-0.1, -0.05) is 6.07 Å². The van der Waals surface area contributed by atoms with Crippen LogP contribution in [0.1, 0.15) is 0 Å². The minimum Gasteiger partial charge on any atom is -0.383 e. The molecule has 0 spiro atoms. The summed E-state index contributed by atoms with van der Waals surface area (Å²) in [5.41, 5.74) is 7.59. The third-order valence-electron chi connectivity index (χ3n) is 2.49. The van der Waals surface area contributed by atoms with E-state index in [9.17, 15) is 0 Å². The molecular weight excluding hydrogens is 228 g/mol. The quantitative estimate of drug-likeness (QED) is 0.727. The maximum atomic E-state index is 6.05. The van der Waals surface area contributed by atoms with Gasteiger partial charge in [-0.25, -0.2) is 9.97 Å². The summed E-state index contributed by atoms with van der Waals surface area (Å²) in [6.45, 7) is 0. The summed E-state index contributed by atoms with van der Waals surface area (Å²) in [6, 6.07) is 7.37. The Morgan fingerprint density at radius 2 is 1.72 bits per heavy atom. The molecule has 0 radical (unpaired) electrons. The highest BCUT2D eigenvalue weighted by Gasteiger charge is 2.12. The number of anilines is 1. The molecule has 0 fully saturated rings. The summed E-state index contributed by atoms with van der Waals surface area (Å²) in [4.78, 5) is 12.5. The van der Waals surface area contributed by atoms with Gasteiger partial charge >= 0.3 is 0 Å². The molecule has 0 amide bonds. The number of nitrogens with two attached hydrogens (primary N) is 1. The molecule has 3 rings (SSSR count). The van der Waals surface area contributed by atoms with Gasteiger partial charge in [0, 0.05) is 18.6 Å². The van der Waals surface area contributed by atoms with Crippen LogP contribution in [-0.4, -0.2) is 24.7 Å². The Morgan fingerprint density at radius 3 is 2.44 bits per heavy atom. The molecule has 6 nitrogen and oxygen atoms in total. The second-order valence-electron chi connectivity index (χ2n) is 3.62. The molecule has 18 heavy (non-hydrogen) atoms. The molecule has 88 valence electrons. The van der Waals surface area contributed by atoms with E-state index in [0.29, 0.717) is 11.8 Å². The highest BCUT2D eigenvalue weighted by Crippen LogP contribution is 2.24. The van der Waals surface area contributed by atoms with Gasteiger partial charge in [0.15, 0.2) is 0 Å². The SMILES string of the molecule is Nc1c(-c2ccccn2)cnn1-c1ncccn1. The van der Waals surface area contributed by atoms with E-state index in [4.69, 9.17) is 5.73 Å². The first kappa shape index (κ1) is 10.4. The lowest BCUT2D eigenvalue weighted by Gasteiger charge is -2.02. The van der Waals surface area contributed by atoms with E-state index in [-0.39, 0.29) is 0 Å².